The molecule has 752 valence electrons. The van der Waals surface area contributed by atoms with Crippen LogP contribution in [0.25, 0.3) is 76.7 Å². The zero-order valence-corrected chi connectivity index (χ0v) is 80.4. The number of likely N-dealkylation sites (N-methyl/N-ethyl adjacent to an activating group) is 2. The van der Waals surface area contributed by atoms with Gasteiger partial charge in [0.15, 0.2) is 11.6 Å². The summed E-state index contributed by atoms with van der Waals surface area (Å²) in [6.45, 7) is 9.91. The number of amides is 12. The van der Waals surface area contributed by atoms with Gasteiger partial charge in [0.2, 0.25) is 59.2 Å². The summed E-state index contributed by atoms with van der Waals surface area (Å²) < 4.78 is 87.7. The number of hydrogen-bond acceptors (Lipinski definition) is 31. The largest absolute Gasteiger partial charge is 0.508 e. The van der Waals surface area contributed by atoms with Gasteiger partial charge in [0.25, 0.3) is 23.6 Å². The van der Waals surface area contributed by atoms with E-state index >= 15 is 8.78 Å². The topological polar surface area (TPSA) is 454 Å². The number of hydrogen-bond donors (Lipinski definition) is 6. The number of piperazine rings is 2. The number of piperidine rings is 2. The fourth-order valence-electron chi connectivity index (χ4n) is 18.0. The maximum Gasteiger partial charge on any atom is 0.262 e. The van der Waals surface area contributed by atoms with E-state index in [1.807, 2.05) is 9.80 Å². The Bertz CT molecular complexity index is 6630. The molecule has 4 fully saturated rings. The number of phenolic OH excluding ortho intramolecular Hbond substituents is 2. The summed E-state index contributed by atoms with van der Waals surface area (Å²) in [5.41, 5.74) is 1.07. The maximum atomic E-state index is 18.3. The summed E-state index contributed by atoms with van der Waals surface area (Å²) in [5, 5.41) is 36.9. The predicted molar refractivity (Wildman–Crippen MR) is 521 cm³/mol. The number of nitrogens with zero attached hydrogens (tertiary/aromatic N) is 12. The SMILES string of the molecule is CC(=O)N1CCN(c2nc(NCCC(=O)N(C)CCOCCOCCOCCOc3ccc4c(c3)C(=O)N(C3CCC(=O)NC3=O)C4=O)nc3c(F)c(-c4cc(O)cc5ccc(-c6c(O)cc(-c7c(Cl)cc8c(N9CCN(C(C)=O)CC9)nc(NCCC(=O)N(C)CCOCCOCCOCCOCCOc9ccc%10c(c9)C(=O)N(C9CCC(=O)NC9=O)C%10=O)nc8c7F)c7ccccc67)cc45)c(Cl)cc23)CC1. The van der Waals surface area contributed by atoms with E-state index in [1.54, 1.807) is 90.6 Å². The highest BCUT2D eigenvalue weighted by Gasteiger charge is 2.47. The lowest BCUT2D eigenvalue weighted by atomic mass is 9.88. The molecule has 8 aromatic carbocycles. The number of halogens is 4. The Morgan fingerprint density at radius 3 is 1.25 bits per heavy atom. The fraction of sp³-hybridized carbons (Fsp3) is 0.400. The molecule has 2 atom stereocenters. The molecule has 8 heterocycles. The Hall–Kier alpha value is -14.0. The highest BCUT2D eigenvalue weighted by Crippen LogP contribution is 2.50. The second-order valence-electron chi connectivity index (χ2n) is 34.7. The van der Waals surface area contributed by atoms with E-state index < -0.39 is 71.0 Å². The standard InChI is InChI=1S/C100H106Cl2F2N16O23/c1-57(121)115-23-27-117(28-24-115)91-73-54-75(101)85(87(103)89(73)109-99(111-91)105-21-19-82(127)114(4)32-34-136-36-38-138-41-43-140-45-47-142-62-11-13-66-71(52-62)97(133)119(95(66)131)77-15-17-80(125)107-93(77)129)69-51-61(123)49-59-9-10-60(50-68(59)69)84-65-8-6-5-7-64(65)70(56-79(84)124)86-76(102)55-74-90(88(86)104)110-100(112-92(74)118-29-25-116(26-30-118)58(2)122)106-22-20-83(128)113(3)31-33-135-35-37-137-39-40-139-42-44-141-46-48-143-63-12-14-67-72(53-63)98(134)120(96(67)132)78-16-18-81(126)108-94(78)130/h5-14,49-56,77-78,123-124H,15-48H2,1-4H3,(H,105,109,111)(H,106,110,112)(H,107,125,129)(H,108,126,130). The molecule has 143 heavy (non-hydrogen) atoms. The highest BCUT2D eigenvalue weighted by molar-refractivity contribution is 6.36. The number of fused-ring (bicyclic) bond motifs is 6. The molecule has 6 aliphatic rings. The molecule has 43 heteroatoms. The van der Waals surface area contributed by atoms with Crippen LogP contribution in [0.5, 0.6) is 23.0 Å². The molecule has 0 bridgehead atoms. The average Bonchev–Trinajstić information content (AvgIpc) is 1.63. The van der Waals surface area contributed by atoms with Crippen molar-refractivity contribution >= 4 is 161 Å². The molecule has 12 amide bonds. The number of benzene rings is 8. The van der Waals surface area contributed by atoms with Crippen molar-refractivity contribution in [3.63, 3.8) is 0 Å². The quantitative estimate of drug-likeness (QED) is 0.0153. The average molecular weight is 2010 g/mol. The Kier molecular flexibility index (Phi) is 33.0. The second kappa shape index (κ2) is 46.3. The van der Waals surface area contributed by atoms with Crippen molar-refractivity contribution < 1.29 is 119 Å². The molecule has 39 nitrogen and oxygen atoms in total. The van der Waals surface area contributed by atoms with Gasteiger partial charge in [0, 0.05) is 160 Å². The first-order valence-corrected chi connectivity index (χ1v) is 47.7. The number of aromatic nitrogens is 4. The maximum absolute atomic E-state index is 18.3. The molecule has 0 aliphatic carbocycles. The van der Waals surface area contributed by atoms with Gasteiger partial charge >= 0.3 is 0 Å². The smallest absolute Gasteiger partial charge is 0.262 e. The second-order valence-corrected chi connectivity index (χ2v) is 35.5. The van der Waals surface area contributed by atoms with Crippen molar-refractivity contribution in [3.8, 4) is 56.4 Å². The zero-order valence-electron chi connectivity index (χ0n) is 78.9. The predicted octanol–water partition coefficient (Wildman–Crippen LogP) is 8.81. The molecule has 2 aromatic heterocycles. The van der Waals surface area contributed by atoms with E-state index in [2.05, 4.69) is 21.3 Å². The van der Waals surface area contributed by atoms with E-state index in [1.165, 1.54) is 66.1 Å². The number of phenols is 2. The van der Waals surface area contributed by atoms with Gasteiger partial charge in [-0.3, -0.25) is 78.0 Å². The summed E-state index contributed by atoms with van der Waals surface area (Å²) in [6, 6.07) is 26.4. The Labute approximate surface area is 828 Å². The molecule has 10 aromatic rings. The van der Waals surface area contributed by atoms with Crippen LogP contribution < -0.4 is 40.5 Å². The highest BCUT2D eigenvalue weighted by atomic mass is 35.5. The van der Waals surface area contributed by atoms with Crippen molar-refractivity contribution in [1.82, 2.24) is 60.0 Å². The van der Waals surface area contributed by atoms with Gasteiger partial charge in [-0.2, -0.15) is 9.97 Å². The van der Waals surface area contributed by atoms with Crippen molar-refractivity contribution in [2.75, 3.05) is 219 Å². The van der Waals surface area contributed by atoms with Gasteiger partial charge in [0.1, 0.15) is 71.0 Å². The molecule has 2 unspecified atom stereocenters. The van der Waals surface area contributed by atoms with E-state index in [-0.39, 0.29) is 287 Å². The number of aromatic hydroxyl groups is 2. The first-order valence-electron chi connectivity index (χ1n) is 47.0. The first kappa shape index (κ1) is 102. The number of anilines is 4. The number of imide groups is 4. The van der Waals surface area contributed by atoms with Gasteiger partial charge in [-0.25, -0.2) is 18.7 Å². The molecular formula is C100H106Cl2F2N16O23. The van der Waals surface area contributed by atoms with E-state index in [0.29, 0.717) is 115 Å². The van der Waals surface area contributed by atoms with Gasteiger partial charge < -0.3 is 92.9 Å². The van der Waals surface area contributed by atoms with Gasteiger partial charge in [-0.15, -0.1) is 0 Å². The number of carbonyl (C=O) groups is 12. The Morgan fingerprint density at radius 1 is 0.434 bits per heavy atom. The number of ether oxygens (including phenoxy) is 9. The third kappa shape index (κ3) is 23.3. The van der Waals surface area contributed by atoms with E-state index in [9.17, 15) is 67.7 Å². The normalized spacial score (nSPS) is 16.1. The van der Waals surface area contributed by atoms with Gasteiger partial charge in [0.05, 0.1) is 125 Å². The first-order chi connectivity index (χ1) is 69.1. The van der Waals surface area contributed by atoms with Crippen molar-refractivity contribution in [1.29, 1.82) is 0 Å². The Morgan fingerprint density at radius 2 is 0.832 bits per heavy atom. The summed E-state index contributed by atoms with van der Waals surface area (Å²) in [4.78, 5) is 184. The minimum Gasteiger partial charge on any atom is -0.508 e. The minimum atomic E-state index is -1.08. The van der Waals surface area contributed by atoms with Crippen molar-refractivity contribution in [3.05, 3.63) is 153 Å². The van der Waals surface area contributed by atoms with E-state index in [0.717, 1.165) is 9.80 Å². The van der Waals surface area contributed by atoms with Crippen molar-refractivity contribution in [2.45, 2.75) is 64.5 Å². The third-order valence-electron chi connectivity index (χ3n) is 25.5. The van der Waals surface area contributed by atoms with Crippen LogP contribution in [0.3, 0.4) is 0 Å². The lowest BCUT2D eigenvalue weighted by Crippen LogP contribution is -2.54. The van der Waals surface area contributed by atoms with Crippen LogP contribution in [0.1, 0.15) is 93.8 Å². The summed E-state index contributed by atoms with van der Waals surface area (Å²) in [7, 11) is 3.28. The van der Waals surface area contributed by atoms with Crippen LogP contribution in [0.4, 0.5) is 32.3 Å². The summed E-state index contributed by atoms with van der Waals surface area (Å²) in [6.07, 6.45) is 0.0770. The van der Waals surface area contributed by atoms with Crippen LogP contribution >= 0.6 is 23.2 Å². The summed E-state index contributed by atoms with van der Waals surface area (Å²) >= 11 is 14.6. The van der Waals surface area contributed by atoms with Crippen molar-refractivity contribution in [2.24, 2.45) is 0 Å². The fourth-order valence-corrected chi connectivity index (χ4v) is 18.5. The lowest BCUT2D eigenvalue weighted by Gasteiger charge is -2.35. The minimum absolute atomic E-state index is 0.00362. The molecular weight excluding hydrogens is 1900 g/mol. The zero-order chi connectivity index (χ0) is 101. The van der Waals surface area contributed by atoms with E-state index in [4.69, 9.17) is 85.8 Å². The van der Waals surface area contributed by atoms with Crippen LogP contribution in [0.2, 0.25) is 10.0 Å². The Balaban J connectivity index is 0.522. The van der Waals surface area contributed by atoms with Crippen LogP contribution in [-0.4, -0.2) is 341 Å². The number of nitrogens with one attached hydrogen (secondary N) is 4. The molecule has 6 N–H and O–H groups in total. The third-order valence-corrected chi connectivity index (χ3v) is 26.1. The van der Waals surface area contributed by atoms with Crippen LogP contribution in [0, 0.1) is 11.6 Å². The molecule has 0 saturated carbocycles. The molecule has 0 radical (unpaired) electrons. The molecule has 16 rings (SSSR count). The monoisotopic (exact) mass is 2010 g/mol. The van der Waals surface area contributed by atoms with Crippen LogP contribution in [0.15, 0.2) is 109 Å². The summed E-state index contributed by atoms with van der Waals surface area (Å²) in [5.74, 6) is -6.46. The molecule has 4 saturated heterocycles. The van der Waals surface area contributed by atoms with Crippen LogP contribution in [-0.2, 0) is 71.5 Å². The van der Waals surface area contributed by atoms with Gasteiger partial charge in [-0.1, -0.05) is 59.6 Å². The molecule has 6 aliphatic heterocycles. The molecule has 0 spiro atoms. The van der Waals surface area contributed by atoms with Gasteiger partial charge in [-0.05, 0) is 124 Å². The number of carbonyl (C=O) groups excluding carboxylic acids is 12. The lowest BCUT2D eigenvalue weighted by molar-refractivity contribution is -0.137. The number of rotatable bonds is 44.